The fourth-order valence-corrected chi connectivity index (χ4v) is 4.63. The maximum absolute atomic E-state index is 12.1. The first-order chi connectivity index (χ1) is 9.80. The van der Waals surface area contributed by atoms with Gasteiger partial charge < -0.3 is 10.6 Å². The van der Waals surface area contributed by atoms with Crippen LogP contribution in [0.1, 0.15) is 32.1 Å². The van der Waals surface area contributed by atoms with E-state index in [4.69, 9.17) is 0 Å². The summed E-state index contributed by atoms with van der Waals surface area (Å²) in [6.07, 6.45) is 6.54. The largest absolute Gasteiger partial charge is 0.354 e. The summed E-state index contributed by atoms with van der Waals surface area (Å²) in [6, 6.07) is 0. The van der Waals surface area contributed by atoms with Crippen LogP contribution in [-0.4, -0.2) is 60.6 Å². The lowest BCUT2D eigenvalue weighted by atomic mass is 9.79. The molecule has 2 aliphatic heterocycles. The van der Waals surface area contributed by atoms with Crippen molar-refractivity contribution < 1.29 is 4.79 Å². The standard InChI is InChI=1S/C15H27N3OS/c19-14(13-10-16-11-13)17-12-15(4-2-1-3-5-15)18-6-8-20-9-7-18/h13,16H,1-12H2,(H,17,19). The maximum Gasteiger partial charge on any atom is 0.225 e. The Morgan fingerprint density at radius 2 is 1.90 bits per heavy atom. The summed E-state index contributed by atoms with van der Waals surface area (Å²) >= 11 is 2.07. The van der Waals surface area contributed by atoms with Crippen molar-refractivity contribution in [3.63, 3.8) is 0 Å². The van der Waals surface area contributed by atoms with E-state index in [9.17, 15) is 4.79 Å². The summed E-state index contributed by atoms with van der Waals surface area (Å²) < 4.78 is 0. The molecular formula is C15H27N3OS. The molecule has 3 rings (SSSR count). The summed E-state index contributed by atoms with van der Waals surface area (Å²) in [5, 5.41) is 6.44. The Balaban J connectivity index is 1.60. The van der Waals surface area contributed by atoms with Crippen molar-refractivity contribution in [2.24, 2.45) is 5.92 Å². The molecule has 0 aromatic carbocycles. The minimum atomic E-state index is 0.215. The van der Waals surface area contributed by atoms with Crippen LogP contribution in [0.2, 0.25) is 0 Å². The van der Waals surface area contributed by atoms with Gasteiger partial charge in [-0.2, -0.15) is 11.8 Å². The second-order valence-corrected chi connectivity index (χ2v) is 7.68. The van der Waals surface area contributed by atoms with Gasteiger partial charge in [0.2, 0.25) is 5.91 Å². The normalized spacial score (nSPS) is 27.8. The third kappa shape index (κ3) is 3.15. The highest BCUT2D eigenvalue weighted by atomic mass is 32.2. The molecule has 1 saturated carbocycles. The number of hydrogen-bond acceptors (Lipinski definition) is 4. The van der Waals surface area contributed by atoms with E-state index in [0.717, 1.165) is 19.6 Å². The van der Waals surface area contributed by atoms with Crippen LogP contribution in [0.5, 0.6) is 0 Å². The van der Waals surface area contributed by atoms with Crippen LogP contribution in [0.3, 0.4) is 0 Å². The molecule has 0 aromatic heterocycles. The molecule has 0 radical (unpaired) electrons. The van der Waals surface area contributed by atoms with Crippen molar-refractivity contribution in [2.75, 3.05) is 44.2 Å². The van der Waals surface area contributed by atoms with Gasteiger partial charge in [0.1, 0.15) is 0 Å². The lowest BCUT2D eigenvalue weighted by molar-refractivity contribution is -0.127. The number of carbonyl (C=O) groups is 1. The molecule has 4 nitrogen and oxygen atoms in total. The van der Waals surface area contributed by atoms with E-state index >= 15 is 0 Å². The number of nitrogens with zero attached hydrogens (tertiary/aromatic N) is 1. The van der Waals surface area contributed by atoms with E-state index in [-0.39, 0.29) is 17.4 Å². The van der Waals surface area contributed by atoms with Gasteiger partial charge >= 0.3 is 0 Å². The highest BCUT2D eigenvalue weighted by Crippen LogP contribution is 2.34. The van der Waals surface area contributed by atoms with E-state index in [0.29, 0.717) is 0 Å². The van der Waals surface area contributed by atoms with Crippen molar-refractivity contribution in [1.29, 1.82) is 0 Å². The minimum absolute atomic E-state index is 0.215. The Morgan fingerprint density at radius 3 is 2.50 bits per heavy atom. The molecule has 0 atom stereocenters. The Hall–Kier alpha value is -0.260. The van der Waals surface area contributed by atoms with E-state index in [2.05, 4.69) is 27.3 Å². The molecule has 0 aromatic rings. The van der Waals surface area contributed by atoms with Crippen molar-refractivity contribution in [3.05, 3.63) is 0 Å². The van der Waals surface area contributed by atoms with Crippen molar-refractivity contribution in [3.8, 4) is 0 Å². The van der Waals surface area contributed by atoms with Crippen molar-refractivity contribution in [1.82, 2.24) is 15.5 Å². The first-order valence-electron chi connectivity index (χ1n) is 8.11. The van der Waals surface area contributed by atoms with Crippen LogP contribution in [0, 0.1) is 5.92 Å². The Kier molecular flexibility index (Phi) is 4.89. The van der Waals surface area contributed by atoms with Gasteiger partial charge in [0.25, 0.3) is 0 Å². The van der Waals surface area contributed by atoms with Gasteiger partial charge in [-0.05, 0) is 12.8 Å². The first kappa shape index (κ1) is 14.7. The second kappa shape index (κ2) is 6.67. The van der Waals surface area contributed by atoms with Crippen LogP contribution in [0.15, 0.2) is 0 Å². The van der Waals surface area contributed by atoms with E-state index < -0.39 is 0 Å². The number of carbonyl (C=O) groups excluding carboxylic acids is 1. The minimum Gasteiger partial charge on any atom is -0.354 e. The predicted molar refractivity (Wildman–Crippen MR) is 84.1 cm³/mol. The summed E-state index contributed by atoms with van der Waals surface area (Å²) in [4.78, 5) is 14.8. The van der Waals surface area contributed by atoms with E-state index in [1.54, 1.807) is 0 Å². The lowest BCUT2D eigenvalue weighted by Gasteiger charge is -2.48. The summed E-state index contributed by atoms with van der Waals surface area (Å²) in [5.41, 5.74) is 0.256. The number of amides is 1. The monoisotopic (exact) mass is 297 g/mol. The van der Waals surface area contributed by atoms with Crippen molar-refractivity contribution >= 4 is 17.7 Å². The molecule has 3 fully saturated rings. The zero-order valence-corrected chi connectivity index (χ0v) is 13.1. The predicted octanol–water partition coefficient (Wildman–Crippen LogP) is 1.07. The van der Waals surface area contributed by atoms with Crippen molar-refractivity contribution in [2.45, 2.75) is 37.6 Å². The van der Waals surface area contributed by atoms with Gasteiger partial charge in [0, 0.05) is 49.8 Å². The molecule has 0 unspecified atom stereocenters. The van der Waals surface area contributed by atoms with Gasteiger partial charge in [0.15, 0.2) is 0 Å². The Labute approximate surface area is 126 Å². The molecule has 1 amide bonds. The van der Waals surface area contributed by atoms with Crippen LogP contribution in [0.4, 0.5) is 0 Å². The molecule has 1 aliphatic carbocycles. The molecule has 0 bridgehead atoms. The van der Waals surface area contributed by atoms with Gasteiger partial charge in [-0.1, -0.05) is 19.3 Å². The second-order valence-electron chi connectivity index (χ2n) is 6.46. The molecule has 3 aliphatic rings. The van der Waals surface area contributed by atoms with Gasteiger partial charge in [-0.15, -0.1) is 0 Å². The quantitative estimate of drug-likeness (QED) is 0.815. The Morgan fingerprint density at radius 1 is 1.20 bits per heavy atom. The summed E-state index contributed by atoms with van der Waals surface area (Å²) in [6.45, 7) is 4.99. The third-order valence-corrected chi connectivity index (χ3v) is 6.15. The molecule has 20 heavy (non-hydrogen) atoms. The SMILES string of the molecule is O=C(NCC1(N2CCSCC2)CCCCC1)C1CNC1. The zero-order chi connectivity index (χ0) is 13.8. The van der Waals surface area contributed by atoms with E-state index in [1.807, 2.05) is 0 Å². The van der Waals surface area contributed by atoms with Gasteiger partial charge in [-0.25, -0.2) is 0 Å². The van der Waals surface area contributed by atoms with E-state index in [1.165, 1.54) is 56.7 Å². The maximum atomic E-state index is 12.1. The van der Waals surface area contributed by atoms with Crippen LogP contribution in [0.25, 0.3) is 0 Å². The summed E-state index contributed by atoms with van der Waals surface area (Å²) in [5.74, 6) is 2.98. The number of nitrogens with one attached hydrogen (secondary N) is 2. The van der Waals surface area contributed by atoms with Gasteiger partial charge in [0.05, 0.1) is 5.92 Å². The van der Waals surface area contributed by atoms with Gasteiger partial charge in [-0.3, -0.25) is 9.69 Å². The molecule has 114 valence electrons. The highest BCUT2D eigenvalue weighted by molar-refractivity contribution is 7.99. The topological polar surface area (TPSA) is 44.4 Å². The highest BCUT2D eigenvalue weighted by Gasteiger charge is 2.39. The fraction of sp³-hybridized carbons (Fsp3) is 0.933. The Bertz CT molecular complexity index is 334. The molecule has 0 spiro atoms. The molecule has 2 N–H and O–H groups in total. The smallest absolute Gasteiger partial charge is 0.225 e. The molecule has 2 heterocycles. The number of hydrogen-bond donors (Lipinski definition) is 2. The zero-order valence-electron chi connectivity index (χ0n) is 12.3. The third-order valence-electron chi connectivity index (χ3n) is 5.21. The number of thioether (sulfide) groups is 1. The van der Waals surface area contributed by atoms with Crippen LogP contribution < -0.4 is 10.6 Å². The lowest BCUT2D eigenvalue weighted by Crippen LogP contribution is -2.60. The van der Waals surface area contributed by atoms with Crippen LogP contribution in [-0.2, 0) is 4.79 Å². The summed E-state index contributed by atoms with van der Waals surface area (Å²) in [7, 11) is 0. The molecule has 2 saturated heterocycles. The van der Waals surface area contributed by atoms with Crippen LogP contribution >= 0.6 is 11.8 Å². The number of rotatable bonds is 4. The molecular weight excluding hydrogens is 270 g/mol. The molecule has 5 heteroatoms. The average molecular weight is 297 g/mol. The average Bonchev–Trinajstić information content (AvgIpc) is 2.45. The first-order valence-corrected chi connectivity index (χ1v) is 9.27. The fourth-order valence-electron chi connectivity index (χ4n) is 3.72.